The maximum atomic E-state index is 13.0. The highest BCUT2D eigenvalue weighted by atomic mass is 19.1. The van der Waals surface area contributed by atoms with Gasteiger partial charge in [-0.3, -0.25) is 0 Å². The van der Waals surface area contributed by atoms with Crippen LogP contribution in [-0.2, 0) is 6.42 Å². The maximum Gasteiger partial charge on any atom is 0.123 e. The lowest BCUT2D eigenvalue weighted by atomic mass is 10.1. The number of nitrogen functional groups attached to an aromatic ring is 1. The van der Waals surface area contributed by atoms with Crippen LogP contribution in [0.15, 0.2) is 48.5 Å². The normalized spacial score (nSPS) is 10.3. The average Bonchev–Trinajstić information content (AvgIpc) is 2.36. The Kier molecular flexibility index (Phi) is 3.82. The molecule has 0 heterocycles. The number of nitrogens with two attached hydrogens (primary N) is 1. The third kappa shape index (κ3) is 3.23. The van der Waals surface area contributed by atoms with Crippen molar-refractivity contribution in [1.82, 2.24) is 0 Å². The van der Waals surface area contributed by atoms with Crippen molar-refractivity contribution in [3.05, 3.63) is 59.9 Å². The predicted molar refractivity (Wildman–Crippen MR) is 74.2 cm³/mol. The quantitative estimate of drug-likeness (QED) is 0.837. The third-order valence-electron chi connectivity index (χ3n) is 2.94. The second-order valence-electron chi connectivity index (χ2n) is 4.40. The third-order valence-corrected chi connectivity index (χ3v) is 2.94. The van der Waals surface area contributed by atoms with Crippen LogP contribution in [0.4, 0.5) is 15.8 Å². The van der Waals surface area contributed by atoms with Crippen LogP contribution in [0.2, 0.25) is 0 Å². The van der Waals surface area contributed by atoms with Crippen LogP contribution in [0.3, 0.4) is 0 Å². The molecule has 0 bridgehead atoms. The molecule has 0 spiro atoms. The second kappa shape index (κ2) is 5.54. The Labute approximate surface area is 107 Å². The van der Waals surface area contributed by atoms with Crippen LogP contribution in [0.5, 0.6) is 0 Å². The molecule has 0 radical (unpaired) electrons. The molecule has 0 aliphatic heterocycles. The topological polar surface area (TPSA) is 29.3 Å². The Bertz CT molecular complexity index is 525. The van der Waals surface area contributed by atoms with Crippen molar-refractivity contribution < 1.29 is 4.39 Å². The fourth-order valence-electron chi connectivity index (χ4n) is 1.88. The van der Waals surface area contributed by atoms with Crippen LogP contribution in [0.1, 0.15) is 5.56 Å². The number of likely N-dealkylation sites (N-methyl/N-ethyl adjacent to an activating group) is 1. The highest BCUT2D eigenvalue weighted by Crippen LogP contribution is 2.16. The van der Waals surface area contributed by atoms with Gasteiger partial charge in [-0.1, -0.05) is 18.2 Å². The fraction of sp³-hybridized carbons (Fsp3) is 0.200. The van der Waals surface area contributed by atoms with Crippen molar-refractivity contribution in [2.45, 2.75) is 6.42 Å². The molecule has 0 fully saturated rings. The van der Waals surface area contributed by atoms with Crippen LogP contribution < -0.4 is 10.6 Å². The lowest BCUT2D eigenvalue weighted by molar-refractivity contribution is 0.625. The van der Waals surface area contributed by atoms with E-state index < -0.39 is 0 Å². The molecule has 94 valence electrons. The van der Waals surface area contributed by atoms with Crippen LogP contribution in [0, 0.1) is 5.82 Å². The van der Waals surface area contributed by atoms with E-state index in [-0.39, 0.29) is 5.82 Å². The zero-order valence-corrected chi connectivity index (χ0v) is 10.4. The summed E-state index contributed by atoms with van der Waals surface area (Å²) in [5, 5.41) is 0. The van der Waals surface area contributed by atoms with E-state index in [4.69, 9.17) is 5.73 Å². The van der Waals surface area contributed by atoms with Gasteiger partial charge in [0.25, 0.3) is 0 Å². The van der Waals surface area contributed by atoms with Crippen molar-refractivity contribution in [3.63, 3.8) is 0 Å². The van der Waals surface area contributed by atoms with Crippen LogP contribution in [0.25, 0.3) is 0 Å². The Morgan fingerprint density at radius 2 is 1.89 bits per heavy atom. The van der Waals surface area contributed by atoms with Crippen molar-refractivity contribution in [3.8, 4) is 0 Å². The standard InChI is InChI=1S/C15H17FN2/c1-18(15-7-3-6-14(17)11-15)9-8-12-4-2-5-13(16)10-12/h2-7,10-11H,8-9,17H2,1H3. The van der Waals surface area contributed by atoms with Gasteiger partial charge in [-0.25, -0.2) is 4.39 Å². The lowest BCUT2D eigenvalue weighted by Crippen LogP contribution is -2.20. The molecule has 0 atom stereocenters. The predicted octanol–water partition coefficient (Wildman–Crippen LogP) is 3.09. The first kappa shape index (κ1) is 12.4. The number of hydrogen-bond donors (Lipinski definition) is 1. The lowest BCUT2D eigenvalue weighted by Gasteiger charge is -2.19. The van der Waals surface area contributed by atoms with Crippen molar-refractivity contribution in [1.29, 1.82) is 0 Å². The van der Waals surface area contributed by atoms with E-state index in [9.17, 15) is 4.39 Å². The molecule has 0 unspecified atom stereocenters. The summed E-state index contributed by atoms with van der Waals surface area (Å²) in [4.78, 5) is 2.11. The summed E-state index contributed by atoms with van der Waals surface area (Å²) in [7, 11) is 2.01. The summed E-state index contributed by atoms with van der Waals surface area (Å²) in [6.45, 7) is 0.826. The summed E-state index contributed by atoms with van der Waals surface area (Å²) in [5.41, 5.74) is 8.58. The number of benzene rings is 2. The summed E-state index contributed by atoms with van der Waals surface area (Å²) in [6, 6.07) is 14.5. The van der Waals surface area contributed by atoms with Gasteiger partial charge in [0.2, 0.25) is 0 Å². The average molecular weight is 244 g/mol. The zero-order valence-electron chi connectivity index (χ0n) is 10.4. The molecule has 2 aromatic carbocycles. The number of hydrogen-bond acceptors (Lipinski definition) is 2. The first-order valence-electron chi connectivity index (χ1n) is 5.96. The van der Waals surface area contributed by atoms with Gasteiger partial charge >= 0.3 is 0 Å². The molecule has 3 heteroatoms. The molecule has 0 saturated carbocycles. The molecule has 18 heavy (non-hydrogen) atoms. The van der Waals surface area contributed by atoms with Gasteiger partial charge < -0.3 is 10.6 Å². The molecule has 2 rings (SSSR count). The molecule has 0 aromatic heterocycles. The summed E-state index contributed by atoms with van der Waals surface area (Å²) >= 11 is 0. The van der Waals surface area contributed by atoms with Gasteiger partial charge in [-0.05, 0) is 42.3 Å². The second-order valence-corrected chi connectivity index (χ2v) is 4.40. The Morgan fingerprint density at radius 3 is 2.61 bits per heavy atom. The fourth-order valence-corrected chi connectivity index (χ4v) is 1.88. The minimum Gasteiger partial charge on any atom is -0.399 e. The van der Waals surface area contributed by atoms with E-state index in [1.165, 1.54) is 6.07 Å². The molecule has 2 aromatic rings. The van der Waals surface area contributed by atoms with E-state index in [0.717, 1.165) is 29.9 Å². The number of anilines is 2. The number of rotatable bonds is 4. The zero-order chi connectivity index (χ0) is 13.0. The monoisotopic (exact) mass is 244 g/mol. The molecular formula is C15H17FN2. The van der Waals surface area contributed by atoms with E-state index in [1.807, 2.05) is 37.4 Å². The first-order chi connectivity index (χ1) is 8.65. The highest BCUT2D eigenvalue weighted by molar-refractivity contribution is 5.55. The molecule has 0 saturated heterocycles. The minimum atomic E-state index is -0.181. The minimum absolute atomic E-state index is 0.181. The van der Waals surface area contributed by atoms with Gasteiger partial charge in [0.1, 0.15) is 5.82 Å². The Morgan fingerprint density at radius 1 is 1.11 bits per heavy atom. The van der Waals surface area contributed by atoms with Gasteiger partial charge in [-0.2, -0.15) is 0 Å². The van der Waals surface area contributed by atoms with Crippen molar-refractivity contribution in [2.75, 3.05) is 24.2 Å². The molecular weight excluding hydrogens is 227 g/mol. The van der Waals surface area contributed by atoms with Crippen LogP contribution >= 0.6 is 0 Å². The van der Waals surface area contributed by atoms with Crippen LogP contribution in [-0.4, -0.2) is 13.6 Å². The first-order valence-corrected chi connectivity index (χ1v) is 5.96. The number of nitrogens with zero attached hydrogens (tertiary/aromatic N) is 1. The van der Waals surface area contributed by atoms with E-state index in [1.54, 1.807) is 12.1 Å². The molecule has 2 N–H and O–H groups in total. The van der Waals surface area contributed by atoms with E-state index in [2.05, 4.69) is 4.90 Å². The Balaban J connectivity index is 1.98. The highest BCUT2D eigenvalue weighted by Gasteiger charge is 2.02. The molecule has 2 nitrogen and oxygen atoms in total. The van der Waals surface area contributed by atoms with Crippen molar-refractivity contribution >= 4 is 11.4 Å². The molecule has 0 amide bonds. The largest absolute Gasteiger partial charge is 0.399 e. The summed E-state index contributed by atoms with van der Waals surface area (Å²) in [6.07, 6.45) is 0.809. The van der Waals surface area contributed by atoms with E-state index >= 15 is 0 Å². The van der Waals surface area contributed by atoms with Gasteiger partial charge in [0.15, 0.2) is 0 Å². The molecule has 0 aliphatic carbocycles. The smallest absolute Gasteiger partial charge is 0.123 e. The van der Waals surface area contributed by atoms with Gasteiger partial charge in [0.05, 0.1) is 0 Å². The van der Waals surface area contributed by atoms with Crippen molar-refractivity contribution in [2.24, 2.45) is 0 Å². The number of halogens is 1. The Hall–Kier alpha value is -2.03. The maximum absolute atomic E-state index is 13.0. The van der Waals surface area contributed by atoms with Gasteiger partial charge in [-0.15, -0.1) is 0 Å². The van der Waals surface area contributed by atoms with E-state index in [0.29, 0.717) is 0 Å². The molecule has 0 aliphatic rings. The summed E-state index contributed by atoms with van der Waals surface area (Å²) in [5.74, 6) is -0.181. The van der Waals surface area contributed by atoms with Gasteiger partial charge in [0, 0.05) is 25.0 Å². The SMILES string of the molecule is CN(CCc1cccc(F)c1)c1cccc(N)c1. The summed E-state index contributed by atoms with van der Waals surface area (Å²) < 4.78 is 13.0.